The first-order valence-electron chi connectivity index (χ1n) is 12.4. The van der Waals surface area contributed by atoms with Crippen LogP contribution in [0.5, 0.6) is 23.0 Å². The molecule has 37 heavy (non-hydrogen) atoms. The molecule has 6 rings (SSSR count). The molecule has 0 spiro atoms. The van der Waals surface area contributed by atoms with Crippen LogP contribution in [-0.2, 0) is 13.0 Å². The van der Waals surface area contributed by atoms with Crippen molar-refractivity contribution in [2.45, 2.75) is 31.3 Å². The number of hydrogen-bond acceptors (Lipinski definition) is 6. The largest absolute Gasteiger partial charge is 0.508 e. The Labute approximate surface area is 214 Å². The highest BCUT2D eigenvalue weighted by Gasteiger charge is 2.38. The summed E-state index contributed by atoms with van der Waals surface area (Å²) in [6, 6.07) is 15.2. The molecule has 4 aromatic carbocycles. The summed E-state index contributed by atoms with van der Waals surface area (Å²) < 4.78 is 16.9. The SMILES string of the molecule is COc1ccc2c3c(c4cc(OC)c(OC)cc4c2c1)CC1CC(c2cc(C(=O)O)ccc2O)CN1C3. The molecule has 7 heteroatoms. The molecule has 0 saturated carbocycles. The van der Waals surface area contributed by atoms with Crippen LogP contribution < -0.4 is 14.2 Å². The predicted molar refractivity (Wildman–Crippen MR) is 141 cm³/mol. The van der Waals surface area contributed by atoms with Gasteiger partial charge < -0.3 is 24.4 Å². The van der Waals surface area contributed by atoms with Crippen LogP contribution in [0.3, 0.4) is 0 Å². The summed E-state index contributed by atoms with van der Waals surface area (Å²) in [6.45, 7) is 1.55. The highest BCUT2D eigenvalue weighted by Crippen LogP contribution is 2.46. The molecule has 0 aliphatic carbocycles. The van der Waals surface area contributed by atoms with Crippen LogP contribution in [0.15, 0.2) is 48.5 Å². The van der Waals surface area contributed by atoms with E-state index in [1.807, 2.05) is 6.07 Å². The molecule has 2 unspecified atom stereocenters. The maximum atomic E-state index is 11.6. The van der Waals surface area contributed by atoms with Gasteiger partial charge in [0.25, 0.3) is 0 Å². The van der Waals surface area contributed by atoms with Crippen LogP contribution in [0.4, 0.5) is 0 Å². The first-order chi connectivity index (χ1) is 17.9. The number of aromatic carboxylic acids is 1. The molecule has 2 heterocycles. The van der Waals surface area contributed by atoms with E-state index in [4.69, 9.17) is 14.2 Å². The summed E-state index contributed by atoms with van der Waals surface area (Å²) in [5.41, 5.74) is 3.51. The number of methoxy groups -OCH3 is 3. The Morgan fingerprint density at radius 3 is 2.30 bits per heavy atom. The Hall–Kier alpha value is -3.97. The summed E-state index contributed by atoms with van der Waals surface area (Å²) in [6.07, 6.45) is 1.71. The van der Waals surface area contributed by atoms with Crippen molar-refractivity contribution < 1.29 is 29.2 Å². The second-order valence-corrected chi connectivity index (χ2v) is 9.92. The summed E-state index contributed by atoms with van der Waals surface area (Å²) in [5.74, 6) is 1.42. The fourth-order valence-electron chi connectivity index (χ4n) is 6.30. The van der Waals surface area contributed by atoms with Gasteiger partial charge >= 0.3 is 5.97 Å². The summed E-state index contributed by atoms with van der Waals surface area (Å²) in [4.78, 5) is 14.0. The third-order valence-electron chi connectivity index (χ3n) is 8.10. The van der Waals surface area contributed by atoms with Gasteiger partial charge in [0, 0.05) is 25.0 Å². The van der Waals surface area contributed by atoms with Crippen molar-refractivity contribution in [3.8, 4) is 23.0 Å². The minimum absolute atomic E-state index is 0.0610. The van der Waals surface area contributed by atoms with Crippen molar-refractivity contribution in [2.75, 3.05) is 27.9 Å². The molecule has 2 atom stereocenters. The average molecular weight is 500 g/mol. The van der Waals surface area contributed by atoms with Crippen molar-refractivity contribution in [2.24, 2.45) is 0 Å². The van der Waals surface area contributed by atoms with Crippen molar-refractivity contribution in [1.29, 1.82) is 0 Å². The summed E-state index contributed by atoms with van der Waals surface area (Å²) in [7, 11) is 4.98. The Bertz CT molecular complexity index is 1560. The lowest BCUT2D eigenvalue weighted by molar-refractivity contribution is 0.0696. The number of carboxylic acid groups (broad SMARTS) is 1. The fourth-order valence-corrected chi connectivity index (χ4v) is 6.30. The van der Waals surface area contributed by atoms with Crippen LogP contribution >= 0.6 is 0 Å². The lowest BCUT2D eigenvalue weighted by Crippen LogP contribution is -2.35. The number of nitrogens with zero attached hydrogens (tertiary/aromatic N) is 1. The van der Waals surface area contributed by atoms with Gasteiger partial charge in [-0.2, -0.15) is 0 Å². The highest BCUT2D eigenvalue weighted by atomic mass is 16.5. The lowest BCUT2D eigenvalue weighted by Gasteiger charge is -2.33. The molecule has 0 radical (unpaired) electrons. The van der Waals surface area contributed by atoms with E-state index in [2.05, 4.69) is 29.2 Å². The fraction of sp³-hybridized carbons (Fsp3) is 0.300. The number of aromatic hydroxyl groups is 1. The number of carboxylic acids is 1. The molecular formula is C30H29NO6. The van der Waals surface area contributed by atoms with Gasteiger partial charge in [-0.1, -0.05) is 6.07 Å². The van der Waals surface area contributed by atoms with Crippen LogP contribution in [-0.4, -0.2) is 55.0 Å². The van der Waals surface area contributed by atoms with E-state index < -0.39 is 5.97 Å². The van der Waals surface area contributed by atoms with E-state index in [1.165, 1.54) is 28.6 Å². The zero-order valence-corrected chi connectivity index (χ0v) is 21.1. The number of hydrogen-bond donors (Lipinski definition) is 2. The maximum absolute atomic E-state index is 11.6. The van der Waals surface area contributed by atoms with Crippen LogP contribution in [0.1, 0.15) is 39.4 Å². The van der Waals surface area contributed by atoms with Gasteiger partial charge in [0.15, 0.2) is 11.5 Å². The second-order valence-electron chi connectivity index (χ2n) is 9.92. The third kappa shape index (κ3) is 3.73. The maximum Gasteiger partial charge on any atom is 0.335 e. The molecule has 190 valence electrons. The van der Waals surface area contributed by atoms with E-state index in [0.29, 0.717) is 17.1 Å². The third-order valence-corrected chi connectivity index (χ3v) is 8.10. The van der Waals surface area contributed by atoms with E-state index in [9.17, 15) is 15.0 Å². The van der Waals surface area contributed by atoms with Gasteiger partial charge in [-0.15, -0.1) is 0 Å². The first-order valence-corrected chi connectivity index (χ1v) is 12.4. The number of fused-ring (bicyclic) bond motifs is 7. The van der Waals surface area contributed by atoms with Crippen molar-refractivity contribution in [1.82, 2.24) is 4.90 Å². The summed E-state index contributed by atoms with van der Waals surface area (Å²) >= 11 is 0. The Balaban J connectivity index is 1.48. The molecule has 0 amide bonds. The molecule has 7 nitrogen and oxygen atoms in total. The van der Waals surface area contributed by atoms with Crippen molar-refractivity contribution >= 4 is 27.5 Å². The standard InChI is InChI=1S/C30H29NO6/c1-35-19-5-6-20-23(11-19)25-13-29(37-3)28(36-2)12-24(25)22-10-18-8-17(14-31(18)15-26(20)22)21-9-16(30(33)34)4-7-27(21)32/h4-7,9,11-13,17-18,32H,8,10,14-15H2,1-3H3,(H,33,34). The predicted octanol–water partition coefficient (Wildman–Crippen LogP) is 5.34. The molecule has 0 bridgehead atoms. The number of phenols is 1. The van der Waals surface area contributed by atoms with E-state index >= 15 is 0 Å². The molecule has 4 aromatic rings. The minimum Gasteiger partial charge on any atom is -0.508 e. The smallest absolute Gasteiger partial charge is 0.335 e. The Kier molecular flexibility index (Phi) is 5.60. The number of ether oxygens (including phenoxy) is 3. The zero-order chi connectivity index (χ0) is 25.8. The monoisotopic (exact) mass is 499 g/mol. The molecule has 1 saturated heterocycles. The molecule has 2 aliphatic rings. The second kappa shape index (κ2) is 8.85. The van der Waals surface area contributed by atoms with Gasteiger partial charge in [0.2, 0.25) is 0 Å². The number of carbonyl (C=O) groups is 1. The normalized spacial score (nSPS) is 19.0. The minimum atomic E-state index is -0.984. The molecule has 0 aromatic heterocycles. The van der Waals surface area contributed by atoms with E-state index in [-0.39, 0.29) is 23.3 Å². The van der Waals surface area contributed by atoms with Crippen LogP contribution in [0, 0.1) is 0 Å². The number of phenolic OH excluding ortho intramolecular Hbond substituents is 1. The number of rotatable bonds is 5. The lowest BCUT2D eigenvalue weighted by atomic mass is 9.84. The Morgan fingerprint density at radius 1 is 0.865 bits per heavy atom. The first kappa shape index (κ1) is 23.4. The molecule has 2 N–H and O–H groups in total. The topological polar surface area (TPSA) is 88.5 Å². The van der Waals surface area contributed by atoms with Crippen LogP contribution in [0.2, 0.25) is 0 Å². The zero-order valence-electron chi connectivity index (χ0n) is 21.1. The molecular weight excluding hydrogens is 470 g/mol. The summed E-state index contributed by atoms with van der Waals surface area (Å²) in [5, 5.41) is 24.6. The molecule has 1 fully saturated rings. The number of benzene rings is 4. The van der Waals surface area contributed by atoms with Crippen LogP contribution in [0.25, 0.3) is 21.5 Å². The quantitative estimate of drug-likeness (QED) is 0.359. The van der Waals surface area contributed by atoms with E-state index in [1.54, 1.807) is 27.4 Å². The van der Waals surface area contributed by atoms with Gasteiger partial charge in [-0.3, -0.25) is 4.90 Å². The van der Waals surface area contributed by atoms with Crippen molar-refractivity contribution in [3.05, 3.63) is 70.8 Å². The molecule has 2 aliphatic heterocycles. The van der Waals surface area contributed by atoms with E-state index in [0.717, 1.165) is 47.8 Å². The van der Waals surface area contributed by atoms with Gasteiger partial charge in [-0.05, 0) is 93.5 Å². The average Bonchev–Trinajstić information content (AvgIpc) is 3.34. The van der Waals surface area contributed by atoms with Gasteiger partial charge in [0.1, 0.15) is 11.5 Å². The van der Waals surface area contributed by atoms with Gasteiger partial charge in [0.05, 0.1) is 26.9 Å². The Morgan fingerprint density at radius 2 is 1.59 bits per heavy atom. The highest BCUT2D eigenvalue weighted by molar-refractivity contribution is 6.12. The van der Waals surface area contributed by atoms with Crippen molar-refractivity contribution in [3.63, 3.8) is 0 Å². The van der Waals surface area contributed by atoms with Gasteiger partial charge in [-0.25, -0.2) is 4.79 Å².